The number of aromatic nitrogens is 1. The van der Waals surface area contributed by atoms with E-state index >= 15 is 0 Å². The molecule has 31 heavy (non-hydrogen) atoms. The van der Waals surface area contributed by atoms with Crippen LogP contribution in [0.15, 0.2) is 16.9 Å². The maximum Gasteiger partial charge on any atom is 0.124 e. The normalized spacial score (nSPS) is 22.8. The maximum atomic E-state index is 5.54. The Bertz CT molecular complexity index is 565. The van der Waals surface area contributed by atoms with E-state index < -0.39 is 0 Å². The maximum absolute atomic E-state index is 5.54. The van der Waals surface area contributed by atoms with Crippen LogP contribution in [-0.4, -0.2) is 135 Å². The number of piperazine rings is 2. The summed E-state index contributed by atoms with van der Waals surface area (Å²) in [6.07, 6.45) is 3.90. The highest BCUT2D eigenvalue weighted by Crippen LogP contribution is 2.15. The lowest BCUT2D eigenvalue weighted by molar-refractivity contribution is 0.0125. The monoisotopic (exact) mass is 436 g/mol. The zero-order chi connectivity index (χ0) is 21.9. The second-order valence-electron chi connectivity index (χ2n) is 9.24. The Morgan fingerprint density at radius 3 is 2.23 bits per heavy atom. The Hall–Kier alpha value is -1.03. The van der Waals surface area contributed by atoms with Crippen LogP contribution in [-0.2, 0) is 11.3 Å². The Labute approximate surface area is 189 Å². The van der Waals surface area contributed by atoms with Crippen molar-refractivity contribution in [3.63, 3.8) is 0 Å². The molecule has 0 unspecified atom stereocenters. The first-order valence-electron chi connectivity index (χ1n) is 12.2. The van der Waals surface area contributed by atoms with Crippen LogP contribution in [0.5, 0.6) is 0 Å². The SMILES string of the molecule is CCN1CC(N2CCN(C)CC2)C1.CN1CCN(CCCCOCc2ccon2)CC1. The Morgan fingerprint density at radius 1 is 0.935 bits per heavy atom. The summed E-state index contributed by atoms with van der Waals surface area (Å²) in [6.45, 7) is 18.5. The van der Waals surface area contributed by atoms with Gasteiger partial charge in [-0.25, -0.2) is 0 Å². The van der Waals surface area contributed by atoms with Crippen molar-refractivity contribution in [2.24, 2.45) is 0 Å². The van der Waals surface area contributed by atoms with Crippen LogP contribution in [0.2, 0.25) is 0 Å². The van der Waals surface area contributed by atoms with Gasteiger partial charge in [-0.15, -0.1) is 0 Å². The molecule has 1 aromatic heterocycles. The molecular weight excluding hydrogens is 392 g/mol. The average molecular weight is 437 g/mol. The summed E-state index contributed by atoms with van der Waals surface area (Å²) in [5.74, 6) is 0. The summed E-state index contributed by atoms with van der Waals surface area (Å²) in [6, 6.07) is 2.71. The molecule has 8 heteroatoms. The Balaban J connectivity index is 0.000000185. The molecule has 4 heterocycles. The molecule has 3 aliphatic heterocycles. The number of likely N-dealkylation sites (tertiary alicyclic amines) is 1. The third kappa shape index (κ3) is 8.79. The molecule has 0 radical (unpaired) electrons. The lowest BCUT2D eigenvalue weighted by atomic mass is 10.1. The number of hydrogen-bond donors (Lipinski definition) is 0. The summed E-state index contributed by atoms with van der Waals surface area (Å²) in [4.78, 5) is 12.5. The van der Waals surface area contributed by atoms with Crippen molar-refractivity contribution in [3.05, 3.63) is 18.0 Å². The topological polar surface area (TPSA) is 51.5 Å². The standard InChI is InChI=1S/C13H23N3O2.C10H21N3/c1-15-6-8-16(9-7-15)5-2-3-10-17-12-13-4-11-18-14-13;1-3-12-8-10(9-12)13-6-4-11(2)5-7-13/h4,11H,2-3,5-10,12H2,1H3;10H,3-9H2,1-2H3. The van der Waals surface area contributed by atoms with Gasteiger partial charge in [0.05, 0.1) is 6.61 Å². The van der Waals surface area contributed by atoms with Gasteiger partial charge in [0.15, 0.2) is 0 Å². The second kappa shape index (κ2) is 13.5. The predicted octanol–water partition coefficient (Wildman–Crippen LogP) is 1.16. The van der Waals surface area contributed by atoms with Gasteiger partial charge in [-0.3, -0.25) is 4.90 Å². The first-order valence-corrected chi connectivity index (χ1v) is 12.2. The molecule has 0 aromatic carbocycles. The van der Waals surface area contributed by atoms with Crippen LogP contribution in [0.3, 0.4) is 0 Å². The fourth-order valence-corrected chi connectivity index (χ4v) is 4.32. The largest absolute Gasteiger partial charge is 0.375 e. The van der Waals surface area contributed by atoms with Crippen molar-refractivity contribution in [3.8, 4) is 0 Å². The van der Waals surface area contributed by atoms with E-state index in [1.54, 1.807) is 6.26 Å². The van der Waals surface area contributed by atoms with E-state index in [-0.39, 0.29) is 0 Å². The van der Waals surface area contributed by atoms with Crippen LogP contribution >= 0.6 is 0 Å². The van der Waals surface area contributed by atoms with E-state index in [4.69, 9.17) is 9.26 Å². The molecule has 4 rings (SSSR count). The van der Waals surface area contributed by atoms with E-state index in [9.17, 15) is 0 Å². The van der Waals surface area contributed by atoms with Gasteiger partial charge >= 0.3 is 0 Å². The van der Waals surface area contributed by atoms with Gasteiger partial charge in [-0.1, -0.05) is 12.1 Å². The van der Waals surface area contributed by atoms with Crippen LogP contribution < -0.4 is 0 Å². The van der Waals surface area contributed by atoms with Crippen LogP contribution in [0, 0.1) is 0 Å². The summed E-state index contributed by atoms with van der Waals surface area (Å²) >= 11 is 0. The predicted molar refractivity (Wildman–Crippen MR) is 124 cm³/mol. The Morgan fingerprint density at radius 2 is 1.61 bits per heavy atom. The van der Waals surface area contributed by atoms with Gasteiger partial charge in [-0.05, 0) is 40.0 Å². The third-order valence-electron chi connectivity index (χ3n) is 6.79. The van der Waals surface area contributed by atoms with E-state index in [1.807, 2.05) is 6.07 Å². The number of nitrogens with zero attached hydrogens (tertiary/aromatic N) is 6. The molecule has 0 atom stereocenters. The van der Waals surface area contributed by atoms with Crippen molar-refractivity contribution in [2.45, 2.75) is 32.4 Å². The molecule has 3 aliphatic rings. The van der Waals surface area contributed by atoms with Gasteiger partial charge in [0.1, 0.15) is 12.0 Å². The molecule has 0 bridgehead atoms. The minimum absolute atomic E-state index is 0.561. The fraction of sp³-hybridized carbons (Fsp3) is 0.870. The highest BCUT2D eigenvalue weighted by molar-refractivity contribution is 4.92. The number of rotatable bonds is 9. The summed E-state index contributed by atoms with van der Waals surface area (Å²) in [5.41, 5.74) is 0.870. The minimum atomic E-state index is 0.561. The molecule has 3 saturated heterocycles. The van der Waals surface area contributed by atoms with Gasteiger partial charge in [-0.2, -0.15) is 0 Å². The number of unbranched alkanes of at least 4 members (excludes halogenated alkanes) is 1. The third-order valence-corrected chi connectivity index (χ3v) is 6.79. The van der Waals surface area contributed by atoms with Gasteiger partial charge in [0.2, 0.25) is 0 Å². The first kappa shape index (κ1) is 24.6. The van der Waals surface area contributed by atoms with Gasteiger partial charge < -0.3 is 28.9 Å². The summed E-state index contributed by atoms with van der Waals surface area (Å²) in [5, 5.41) is 3.80. The molecular formula is C23H44N6O2. The minimum Gasteiger partial charge on any atom is -0.375 e. The average Bonchev–Trinajstić information content (AvgIpc) is 3.27. The number of likely N-dealkylation sites (N-methyl/N-ethyl adjacent to an activating group) is 3. The molecule has 8 nitrogen and oxygen atoms in total. The number of ether oxygens (including phenoxy) is 1. The zero-order valence-corrected chi connectivity index (χ0v) is 20.0. The van der Waals surface area contributed by atoms with Crippen molar-refractivity contribution >= 4 is 0 Å². The second-order valence-corrected chi connectivity index (χ2v) is 9.24. The summed E-state index contributed by atoms with van der Waals surface area (Å²) < 4.78 is 10.3. The van der Waals surface area contributed by atoms with E-state index in [0.29, 0.717) is 6.61 Å². The highest BCUT2D eigenvalue weighted by Gasteiger charge is 2.31. The van der Waals surface area contributed by atoms with E-state index in [2.05, 4.69) is 50.7 Å². The van der Waals surface area contributed by atoms with Crippen LogP contribution in [0.1, 0.15) is 25.5 Å². The zero-order valence-electron chi connectivity index (χ0n) is 20.0. The molecule has 0 N–H and O–H groups in total. The Kier molecular flexibility index (Phi) is 10.7. The smallest absolute Gasteiger partial charge is 0.124 e. The molecule has 0 aliphatic carbocycles. The molecule has 1 aromatic rings. The lowest BCUT2D eigenvalue weighted by Gasteiger charge is -2.47. The van der Waals surface area contributed by atoms with Crippen molar-refractivity contribution < 1.29 is 9.26 Å². The molecule has 0 saturated carbocycles. The van der Waals surface area contributed by atoms with Gasteiger partial charge in [0.25, 0.3) is 0 Å². The van der Waals surface area contributed by atoms with Gasteiger partial charge in [0, 0.05) is 84.2 Å². The fourth-order valence-electron chi connectivity index (χ4n) is 4.32. The molecule has 0 spiro atoms. The van der Waals surface area contributed by atoms with E-state index in [1.165, 1.54) is 85.0 Å². The van der Waals surface area contributed by atoms with Crippen LogP contribution in [0.4, 0.5) is 0 Å². The highest BCUT2D eigenvalue weighted by atomic mass is 16.5. The van der Waals surface area contributed by atoms with E-state index in [0.717, 1.165) is 24.8 Å². The van der Waals surface area contributed by atoms with Crippen molar-refractivity contribution in [1.29, 1.82) is 0 Å². The lowest BCUT2D eigenvalue weighted by Crippen LogP contribution is -2.62. The quantitative estimate of drug-likeness (QED) is 0.535. The van der Waals surface area contributed by atoms with Crippen molar-refractivity contribution in [1.82, 2.24) is 29.7 Å². The molecule has 178 valence electrons. The summed E-state index contributed by atoms with van der Waals surface area (Å²) in [7, 11) is 4.41. The first-order chi connectivity index (χ1) is 15.1. The van der Waals surface area contributed by atoms with Crippen LogP contribution in [0.25, 0.3) is 0 Å². The molecule has 3 fully saturated rings. The number of hydrogen-bond acceptors (Lipinski definition) is 8. The van der Waals surface area contributed by atoms with Crippen molar-refractivity contribution in [2.75, 3.05) is 99.2 Å². The molecule has 0 amide bonds.